The molecule has 3 rings (SSSR count). The molecule has 0 aliphatic carbocycles. The second-order valence-electron chi connectivity index (χ2n) is 7.52. The highest BCUT2D eigenvalue weighted by atomic mass is 16.6. The third-order valence-corrected chi connectivity index (χ3v) is 5.07. The minimum Gasteiger partial charge on any atom is -0.373 e. The van der Waals surface area contributed by atoms with E-state index < -0.39 is 6.35 Å². The Kier molecular flexibility index (Phi) is 7.51. The van der Waals surface area contributed by atoms with Gasteiger partial charge in [-0.1, -0.05) is 0 Å². The molecular formula is C18H33N3O5. The highest BCUT2D eigenvalue weighted by molar-refractivity contribution is 5.74. The number of hydrogen-bond acceptors (Lipinski definition) is 6. The number of nitrogens with zero attached hydrogens (tertiary/aromatic N) is 2. The van der Waals surface area contributed by atoms with Gasteiger partial charge in [0, 0.05) is 20.1 Å². The van der Waals surface area contributed by atoms with Crippen LogP contribution in [-0.2, 0) is 14.2 Å². The Bertz CT molecular complexity index is 441. The van der Waals surface area contributed by atoms with E-state index in [0.717, 1.165) is 58.3 Å². The van der Waals surface area contributed by atoms with Gasteiger partial charge in [-0.3, -0.25) is 10.2 Å². The van der Waals surface area contributed by atoms with Crippen LogP contribution in [0.3, 0.4) is 0 Å². The molecule has 150 valence electrons. The Morgan fingerprint density at radius 2 is 1.58 bits per heavy atom. The van der Waals surface area contributed by atoms with Crippen LogP contribution in [-0.4, -0.2) is 92.1 Å². The van der Waals surface area contributed by atoms with E-state index in [1.807, 2.05) is 0 Å². The maximum absolute atomic E-state index is 12.8. The highest BCUT2D eigenvalue weighted by Gasteiger charge is 2.28. The van der Waals surface area contributed by atoms with E-state index in [0.29, 0.717) is 37.9 Å². The summed E-state index contributed by atoms with van der Waals surface area (Å²) in [6, 6.07) is -0.145. The number of unbranched alkanes of at least 4 members (excludes halogenated alkanes) is 1. The largest absolute Gasteiger partial charge is 0.373 e. The van der Waals surface area contributed by atoms with Gasteiger partial charge < -0.3 is 24.2 Å². The fraction of sp³-hybridized carbons (Fsp3) is 0.944. The highest BCUT2D eigenvalue weighted by Crippen LogP contribution is 2.18. The summed E-state index contributed by atoms with van der Waals surface area (Å²) in [6.07, 6.45) is 5.84. The lowest BCUT2D eigenvalue weighted by Gasteiger charge is -2.32. The van der Waals surface area contributed by atoms with Gasteiger partial charge in [0.1, 0.15) is 0 Å². The number of aliphatic hydroxyl groups excluding tert-OH is 1. The molecule has 2 N–H and O–H groups in total. The first-order valence-electron chi connectivity index (χ1n) is 9.91. The van der Waals surface area contributed by atoms with E-state index in [9.17, 15) is 9.90 Å². The van der Waals surface area contributed by atoms with Gasteiger partial charge in [-0.05, 0) is 45.1 Å². The fourth-order valence-corrected chi connectivity index (χ4v) is 3.01. The molecule has 0 bridgehead atoms. The number of carbonyl (C=O) groups is 1. The molecule has 0 aromatic rings. The second kappa shape index (κ2) is 9.85. The summed E-state index contributed by atoms with van der Waals surface area (Å²) >= 11 is 0. The van der Waals surface area contributed by atoms with Crippen LogP contribution in [0.1, 0.15) is 38.5 Å². The summed E-state index contributed by atoms with van der Waals surface area (Å²) < 4.78 is 15.6. The Balaban J connectivity index is 1.38. The van der Waals surface area contributed by atoms with Gasteiger partial charge in [-0.15, -0.1) is 0 Å². The smallest absolute Gasteiger partial charge is 0.322 e. The summed E-state index contributed by atoms with van der Waals surface area (Å²) in [5.74, 6) is 0. The first-order chi connectivity index (χ1) is 12.6. The second-order valence-corrected chi connectivity index (χ2v) is 7.52. The van der Waals surface area contributed by atoms with E-state index in [1.165, 1.54) is 4.90 Å². The number of urea groups is 1. The van der Waals surface area contributed by atoms with E-state index >= 15 is 0 Å². The average Bonchev–Trinajstić information content (AvgIpc) is 3.48. The number of rotatable bonds is 14. The maximum Gasteiger partial charge on any atom is 0.322 e. The maximum atomic E-state index is 12.8. The van der Waals surface area contributed by atoms with Crippen molar-refractivity contribution in [2.75, 3.05) is 46.5 Å². The van der Waals surface area contributed by atoms with Crippen LogP contribution in [0.5, 0.6) is 0 Å². The summed E-state index contributed by atoms with van der Waals surface area (Å²) in [4.78, 5) is 16.0. The van der Waals surface area contributed by atoms with Gasteiger partial charge in [0.25, 0.3) is 0 Å². The molecule has 8 nitrogen and oxygen atoms in total. The number of nitrogens with one attached hydrogen (secondary N) is 1. The first kappa shape index (κ1) is 19.8. The zero-order valence-corrected chi connectivity index (χ0v) is 15.8. The van der Waals surface area contributed by atoms with Crippen molar-refractivity contribution in [2.24, 2.45) is 0 Å². The molecule has 0 radical (unpaired) electrons. The zero-order chi connectivity index (χ0) is 18.4. The fourth-order valence-electron chi connectivity index (χ4n) is 3.01. The molecule has 2 amide bonds. The number of ether oxygens (including phenoxy) is 3. The summed E-state index contributed by atoms with van der Waals surface area (Å²) in [6.45, 7) is 4.35. The van der Waals surface area contributed by atoms with E-state index in [2.05, 4.69) is 5.32 Å². The molecule has 4 atom stereocenters. The lowest BCUT2D eigenvalue weighted by Crippen LogP contribution is -2.53. The van der Waals surface area contributed by atoms with Crippen molar-refractivity contribution in [2.45, 2.75) is 63.2 Å². The van der Waals surface area contributed by atoms with Crippen molar-refractivity contribution in [3.8, 4) is 0 Å². The standard InChI is InChI=1S/C18H33N3O5/c1-20(10-7-16-13-26-16)18(23)21(9-4-6-15-12-25-15)17(22)19-8-3-2-5-14-11-24-14/h14-17,19,22H,2-13H2,1H3. The van der Waals surface area contributed by atoms with E-state index in [-0.39, 0.29) is 6.03 Å². The van der Waals surface area contributed by atoms with Gasteiger partial charge in [0.2, 0.25) is 0 Å². The molecule has 26 heavy (non-hydrogen) atoms. The Hall–Kier alpha value is -0.930. The molecule has 0 spiro atoms. The van der Waals surface area contributed by atoms with Crippen LogP contribution in [0, 0.1) is 0 Å². The minimum atomic E-state index is -0.959. The van der Waals surface area contributed by atoms with Gasteiger partial charge in [-0.25, -0.2) is 4.79 Å². The molecule has 0 aromatic carbocycles. The van der Waals surface area contributed by atoms with E-state index in [4.69, 9.17) is 14.2 Å². The molecule has 4 unspecified atom stereocenters. The molecular weight excluding hydrogens is 338 g/mol. The monoisotopic (exact) mass is 371 g/mol. The van der Waals surface area contributed by atoms with Crippen molar-refractivity contribution in [3.05, 3.63) is 0 Å². The van der Waals surface area contributed by atoms with Crippen molar-refractivity contribution in [3.63, 3.8) is 0 Å². The SMILES string of the molecule is CN(CCC1CO1)C(=O)N(CCCC1CO1)C(O)NCCCCC1CO1. The number of carbonyl (C=O) groups excluding carboxylic acids is 1. The first-order valence-corrected chi connectivity index (χ1v) is 9.91. The van der Waals surface area contributed by atoms with Gasteiger partial charge in [0.05, 0.1) is 38.1 Å². The topological polar surface area (TPSA) is 93.4 Å². The van der Waals surface area contributed by atoms with Crippen LogP contribution in [0.4, 0.5) is 4.79 Å². The molecule has 3 saturated heterocycles. The van der Waals surface area contributed by atoms with Crippen LogP contribution in [0.25, 0.3) is 0 Å². The number of hydrogen-bond donors (Lipinski definition) is 2. The third-order valence-electron chi connectivity index (χ3n) is 5.07. The minimum absolute atomic E-state index is 0.145. The average molecular weight is 371 g/mol. The number of amides is 2. The molecule has 3 fully saturated rings. The van der Waals surface area contributed by atoms with Crippen LogP contribution in [0.2, 0.25) is 0 Å². The third kappa shape index (κ3) is 7.36. The predicted octanol–water partition coefficient (Wildman–Crippen LogP) is 0.743. The summed E-state index contributed by atoms with van der Waals surface area (Å²) in [7, 11) is 1.78. The number of aliphatic hydroxyl groups is 1. The molecule has 8 heteroatoms. The van der Waals surface area contributed by atoms with Crippen LogP contribution >= 0.6 is 0 Å². The van der Waals surface area contributed by atoms with Gasteiger partial charge in [-0.2, -0.15) is 0 Å². The lowest BCUT2D eigenvalue weighted by atomic mass is 10.2. The molecule has 3 aliphatic rings. The molecule has 3 heterocycles. The summed E-state index contributed by atoms with van der Waals surface area (Å²) in [5, 5.41) is 13.6. The zero-order valence-electron chi connectivity index (χ0n) is 15.8. The molecule has 0 aromatic heterocycles. The lowest BCUT2D eigenvalue weighted by molar-refractivity contribution is -0.00518. The van der Waals surface area contributed by atoms with Crippen molar-refractivity contribution in [1.82, 2.24) is 15.1 Å². The van der Waals surface area contributed by atoms with Crippen LogP contribution in [0.15, 0.2) is 0 Å². The van der Waals surface area contributed by atoms with Gasteiger partial charge >= 0.3 is 6.03 Å². The van der Waals surface area contributed by atoms with Gasteiger partial charge in [0.15, 0.2) is 6.35 Å². The Morgan fingerprint density at radius 3 is 2.19 bits per heavy atom. The number of epoxide rings is 3. The summed E-state index contributed by atoms with van der Waals surface area (Å²) in [5.41, 5.74) is 0. The van der Waals surface area contributed by atoms with Crippen LogP contribution < -0.4 is 5.32 Å². The molecule has 0 saturated carbocycles. The van der Waals surface area contributed by atoms with Crippen molar-refractivity contribution < 1.29 is 24.1 Å². The molecule has 3 aliphatic heterocycles. The van der Waals surface area contributed by atoms with Crippen molar-refractivity contribution in [1.29, 1.82) is 0 Å². The predicted molar refractivity (Wildman–Crippen MR) is 95.7 cm³/mol. The Labute approximate surface area is 155 Å². The van der Waals surface area contributed by atoms with E-state index in [1.54, 1.807) is 11.9 Å². The normalized spacial score (nSPS) is 27.1. The Morgan fingerprint density at radius 1 is 1.00 bits per heavy atom. The quantitative estimate of drug-likeness (QED) is 0.266. The van der Waals surface area contributed by atoms with Crippen molar-refractivity contribution >= 4 is 6.03 Å².